The van der Waals surface area contributed by atoms with Crippen molar-refractivity contribution < 1.29 is 9.90 Å². The van der Waals surface area contributed by atoms with Gasteiger partial charge in [0.25, 0.3) is 5.91 Å². The summed E-state index contributed by atoms with van der Waals surface area (Å²) in [5.41, 5.74) is 0.886. The topological polar surface area (TPSA) is 62.2 Å². The fourth-order valence-corrected chi connectivity index (χ4v) is 2.63. The molecule has 4 nitrogen and oxygen atoms in total. The van der Waals surface area contributed by atoms with Crippen LogP contribution in [0.4, 0.5) is 0 Å². The lowest BCUT2D eigenvalue weighted by Gasteiger charge is -2.15. The first-order valence-electron chi connectivity index (χ1n) is 6.54. The molecule has 2 N–H and O–H groups in total. The summed E-state index contributed by atoms with van der Waals surface area (Å²) in [6.07, 6.45) is 1.59. The van der Waals surface area contributed by atoms with Gasteiger partial charge in [-0.05, 0) is 5.56 Å². The molecule has 1 amide bonds. The van der Waals surface area contributed by atoms with E-state index in [1.807, 2.05) is 44.2 Å². The van der Waals surface area contributed by atoms with Gasteiger partial charge in [0.05, 0.1) is 23.9 Å². The third-order valence-electron chi connectivity index (χ3n) is 2.93. The van der Waals surface area contributed by atoms with Crippen molar-refractivity contribution in [2.45, 2.75) is 25.8 Å². The fourth-order valence-electron chi connectivity index (χ4n) is 1.81. The number of nitrogens with one attached hydrogen (secondary N) is 1. The van der Waals surface area contributed by atoms with Crippen molar-refractivity contribution in [2.75, 3.05) is 6.61 Å². The van der Waals surface area contributed by atoms with Gasteiger partial charge in [-0.2, -0.15) is 0 Å². The second-order valence-corrected chi connectivity index (χ2v) is 5.90. The highest BCUT2D eigenvalue weighted by Gasteiger charge is 2.17. The molecule has 0 saturated heterocycles. The fraction of sp³-hybridized carbons (Fsp3) is 0.333. The molecule has 0 saturated carbocycles. The predicted molar refractivity (Wildman–Crippen MR) is 79.9 cm³/mol. The second kappa shape index (κ2) is 6.63. The molecule has 0 aliphatic rings. The third kappa shape index (κ3) is 3.43. The van der Waals surface area contributed by atoms with E-state index in [0.717, 1.165) is 10.6 Å². The molecule has 0 radical (unpaired) electrons. The molecule has 20 heavy (non-hydrogen) atoms. The van der Waals surface area contributed by atoms with Gasteiger partial charge in [-0.1, -0.05) is 44.2 Å². The van der Waals surface area contributed by atoms with Crippen molar-refractivity contribution in [3.8, 4) is 0 Å². The van der Waals surface area contributed by atoms with Crippen LogP contribution in [0, 0.1) is 0 Å². The molecule has 2 aromatic rings. The average molecular weight is 290 g/mol. The Labute approximate surface area is 122 Å². The molecule has 1 atom stereocenters. The quantitative estimate of drug-likeness (QED) is 0.890. The number of rotatable bonds is 5. The minimum Gasteiger partial charge on any atom is -0.394 e. The predicted octanol–water partition coefficient (Wildman–Crippen LogP) is 2.73. The molecule has 2 rings (SSSR count). The van der Waals surface area contributed by atoms with Crippen LogP contribution in [0.2, 0.25) is 0 Å². The Morgan fingerprint density at radius 3 is 2.60 bits per heavy atom. The molecule has 0 bridgehead atoms. The number of benzene rings is 1. The normalized spacial score (nSPS) is 12.4. The number of aromatic nitrogens is 1. The second-order valence-electron chi connectivity index (χ2n) is 4.84. The molecule has 5 heteroatoms. The van der Waals surface area contributed by atoms with Crippen LogP contribution in [-0.4, -0.2) is 22.6 Å². The summed E-state index contributed by atoms with van der Waals surface area (Å²) in [5, 5.41) is 13.2. The van der Waals surface area contributed by atoms with Crippen LogP contribution in [0.5, 0.6) is 0 Å². The summed E-state index contributed by atoms with van der Waals surface area (Å²) in [6, 6.07) is 9.04. The van der Waals surface area contributed by atoms with Crippen LogP contribution in [0.25, 0.3) is 0 Å². The average Bonchev–Trinajstić information content (AvgIpc) is 2.95. The largest absolute Gasteiger partial charge is 0.394 e. The number of carbonyl (C=O) groups is 1. The van der Waals surface area contributed by atoms with E-state index in [9.17, 15) is 9.90 Å². The maximum atomic E-state index is 12.2. The van der Waals surface area contributed by atoms with Gasteiger partial charge in [0, 0.05) is 5.92 Å². The molecule has 0 aliphatic heterocycles. The van der Waals surface area contributed by atoms with Crippen LogP contribution in [0.15, 0.2) is 36.5 Å². The molecule has 1 heterocycles. The number of aliphatic hydroxyl groups is 1. The van der Waals surface area contributed by atoms with Crippen LogP contribution in [-0.2, 0) is 0 Å². The van der Waals surface area contributed by atoms with E-state index < -0.39 is 6.04 Å². The Morgan fingerprint density at radius 2 is 2.05 bits per heavy atom. The van der Waals surface area contributed by atoms with Crippen molar-refractivity contribution in [3.63, 3.8) is 0 Å². The number of carbonyl (C=O) groups excluding carboxylic acids is 1. The zero-order chi connectivity index (χ0) is 14.5. The molecule has 1 aromatic carbocycles. The van der Waals surface area contributed by atoms with E-state index in [-0.39, 0.29) is 12.5 Å². The smallest absolute Gasteiger partial charge is 0.263 e. The molecule has 0 fully saturated rings. The Hall–Kier alpha value is -1.72. The maximum absolute atomic E-state index is 12.2. The van der Waals surface area contributed by atoms with Crippen LogP contribution in [0.3, 0.4) is 0 Å². The molecule has 1 aromatic heterocycles. The Balaban J connectivity index is 2.09. The molecular formula is C15H18N2O2S. The zero-order valence-electron chi connectivity index (χ0n) is 11.5. The number of hydrogen-bond donors (Lipinski definition) is 2. The molecule has 0 spiro atoms. The van der Waals surface area contributed by atoms with Crippen molar-refractivity contribution in [1.82, 2.24) is 10.3 Å². The van der Waals surface area contributed by atoms with Gasteiger partial charge in [0.15, 0.2) is 0 Å². The summed E-state index contributed by atoms with van der Waals surface area (Å²) in [6.45, 7) is 3.95. The Kier molecular flexibility index (Phi) is 4.87. The van der Waals surface area contributed by atoms with Gasteiger partial charge >= 0.3 is 0 Å². The maximum Gasteiger partial charge on any atom is 0.263 e. The number of nitrogens with zero attached hydrogens (tertiary/aromatic N) is 1. The van der Waals surface area contributed by atoms with Gasteiger partial charge in [-0.3, -0.25) is 4.79 Å². The van der Waals surface area contributed by atoms with Gasteiger partial charge < -0.3 is 10.4 Å². The summed E-state index contributed by atoms with van der Waals surface area (Å²) >= 11 is 1.39. The van der Waals surface area contributed by atoms with Crippen molar-refractivity contribution in [3.05, 3.63) is 52.0 Å². The first-order valence-corrected chi connectivity index (χ1v) is 7.36. The van der Waals surface area contributed by atoms with Gasteiger partial charge in [-0.15, -0.1) is 11.3 Å². The highest BCUT2D eigenvalue weighted by atomic mass is 32.1. The Bertz CT molecular complexity index is 566. The van der Waals surface area contributed by atoms with Crippen LogP contribution < -0.4 is 5.32 Å². The molecule has 0 aliphatic carbocycles. The summed E-state index contributed by atoms with van der Waals surface area (Å²) in [4.78, 5) is 17.0. The summed E-state index contributed by atoms with van der Waals surface area (Å²) < 4.78 is 0. The van der Waals surface area contributed by atoms with Crippen molar-refractivity contribution in [1.29, 1.82) is 0 Å². The highest BCUT2D eigenvalue weighted by Crippen LogP contribution is 2.22. The minimum atomic E-state index is -0.395. The number of thiazole rings is 1. The lowest BCUT2D eigenvalue weighted by atomic mass is 10.1. The van der Waals surface area contributed by atoms with E-state index in [4.69, 9.17) is 0 Å². The number of amides is 1. The highest BCUT2D eigenvalue weighted by molar-refractivity contribution is 7.13. The van der Waals surface area contributed by atoms with E-state index >= 15 is 0 Å². The van der Waals surface area contributed by atoms with E-state index in [2.05, 4.69) is 10.3 Å². The minimum absolute atomic E-state index is 0.133. The number of hydrogen-bond acceptors (Lipinski definition) is 4. The van der Waals surface area contributed by atoms with E-state index in [0.29, 0.717) is 10.8 Å². The first-order chi connectivity index (χ1) is 9.61. The van der Waals surface area contributed by atoms with Crippen molar-refractivity contribution >= 4 is 17.2 Å². The van der Waals surface area contributed by atoms with Gasteiger partial charge in [0.1, 0.15) is 4.88 Å². The van der Waals surface area contributed by atoms with Gasteiger partial charge in [-0.25, -0.2) is 4.98 Å². The lowest BCUT2D eigenvalue weighted by molar-refractivity contribution is 0.0920. The zero-order valence-corrected chi connectivity index (χ0v) is 12.4. The molecule has 1 unspecified atom stereocenters. The number of aliphatic hydroxyl groups excluding tert-OH is 1. The molecular weight excluding hydrogens is 272 g/mol. The van der Waals surface area contributed by atoms with Crippen LogP contribution >= 0.6 is 11.3 Å². The van der Waals surface area contributed by atoms with Crippen LogP contribution in [0.1, 0.15) is 46.0 Å². The SMILES string of the molecule is CC(C)c1ncc(C(=O)NC(CO)c2ccccc2)s1. The summed E-state index contributed by atoms with van der Waals surface area (Å²) in [7, 11) is 0. The van der Waals surface area contributed by atoms with Gasteiger partial charge in [0.2, 0.25) is 0 Å². The first kappa shape index (κ1) is 14.7. The summed E-state index contributed by atoms with van der Waals surface area (Å²) in [5.74, 6) is 0.113. The van der Waals surface area contributed by atoms with Crippen molar-refractivity contribution in [2.24, 2.45) is 0 Å². The standard InChI is InChI=1S/C15H18N2O2S/c1-10(2)15-16-8-13(20-15)14(19)17-12(9-18)11-6-4-3-5-7-11/h3-8,10,12,18H,9H2,1-2H3,(H,17,19). The lowest BCUT2D eigenvalue weighted by Crippen LogP contribution is -2.30. The van der Waals surface area contributed by atoms with E-state index in [1.54, 1.807) is 6.20 Å². The Morgan fingerprint density at radius 1 is 1.35 bits per heavy atom. The van der Waals surface area contributed by atoms with E-state index in [1.165, 1.54) is 11.3 Å². The molecule has 106 valence electrons. The monoisotopic (exact) mass is 290 g/mol. The third-order valence-corrected chi connectivity index (χ3v) is 4.23.